The van der Waals surface area contributed by atoms with Gasteiger partial charge in [-0.25, -0.2) is 0 Å². The summed E-state index contributed by atoms with van der Waals surface area (Å²) in [6, 6.07) is 1.39. The first-order valence-electron chi connectivity index (χ1n) is 5.46. The topological polar surface area (TPSA) is 3.24 Å². The molecule has 1 nitrogen and oxygen atoms in total. The van der Waals surface area contributed by atoms with E-state index in [1.807, 2.05) is 0 Å². The zero-order valence-corrected chi connectivity index (χ0v) is 10.6. The van der Waals surface area contributed by atoms with Crippen LogP contribution in [0.1, 0.15) is 20.8 Å². The molecular formula is C12H21NSi. The summed E-state index contributed by atoms with van der Waals surface area (Å²) in [5.41, 5.74) is 2.43. The van der Waals surface area contributed by atoms with E-state index in [-0.39, 0.29) is 0 Å². The van der Waals surface area contributed by atoms with Gasteiger partial charge in [-0.1, -0.05) is 30.0 Å². The molecule has 0 radical (unpaired) electrons. The highest BCUT2D eigenvalue weighted by Gasteiger charge is 2.27. The van der Waals surface area contributed by atoms with E-state index < -0.39 is 8.96 Å². The fraction of sp³-hybridized carbons (Fsp3) is 0.500. The van der Waals surface area contributed by atoms with Crippen LogP contribution in [0.25, 0.3) is 0 Å². The Labute approximate surface area is 89.5 Å². The Kier molecular flexibility index (Phi) is 4.74. The molecule has 1 fully saturated rings. The summed E-state index contributed by atoms with van der Waals surface area (Å²) in [7, 11) is -0.788. The zero-order chi connectivity index (χ0) is 10.4. The van der Waals surface area contributed by atoms with Crippen LogP contribution in [-0.2, 0) is 0 Å². The van der Waals surface area contributed by atoms with E-state index in [1.54, 1.807) is 0 Å². The van der Waals surface area contributed by atoms with Crippen LogP contribution in [0.15, 0.2) is 36.2 Å². The first kappa shape index (κ1) is 11.3. The van der Waals surface area contributed by atoms with Crippen LogP contribution in [-0.4, -0.2) is 20.1 Å². The SMILES string of the molecule is CC=CC1CN(C=CC)[SiH](C=CC)C1. The predicted octanol–water partition coefficient (Wildman–Crippen LogP) is 2.87. The zero-order valence-electron chi connectivity index (χ0n) is 9.48. The van der Waals surface area contributed by atoms with Gasteiger partial charge in [0.2, 0.25) is 0 Å². The van der Waals surface area contributed by atoms with E-state index in [9.17, 15) is 0 Å². The van der Waals surface area contributed by atoms with Crippen LogP contribution in [0.5, 0.6) is 0 Å². The molecule has 78 valence electrons. The molecule has 1 rings (SSSR count). The average Bonchev–Trinajstić information content (AvgIpc) is 2.50. The molecule has 1 saturated heterocycles. The Balaban J connectivity index is 2.64. The van der Waals surface area contributed by atoms with Gasteiger partial charge in [0, 0.05) is 6.54 Å². The van der Waals surface area contributed by atoms with E-state index in [0.717, 1.165) is 5.92 Å². The maximum absolute atomic E-state index is 2.56. The Bertz CT molecular complexity index is 223. The number of hydrogen-bond acceptors (Lipinski definition) is 1. The van der Waals surface area contributed by atoms with Gasteiger partial charge in [0.1, 0.15) is 0 Å². The van der Waals surface area contributed by atoms with Gasteiger partial charge in [-0.05, 0) is 38.9 Å². The molecule has 2 heteroatoms. The molecular weight excluding hydrogens is 186 g/mol. The summed E-state index contributed by atoms with van der Waals surface area (Å²) >= 11 is 0. The van der Waals surface area contributed by atoms with Crippen molar-refractivity contribution < 1.29 is 0 Å². The summed E-state index contributed by atoms with van der Waals surface area (Å²) < 4.78 is 2.56. The lowest BCUT2D eigenvalue weighted by Gasteiger charge is -2.18. The minimum Gasteiger partial charge on any atom is -0.402 e. The van der Waals surface area contributed by atoms with Crippen molar-refractivity contribution in [3.8, 4) is 0 Å². The second kappa shape index (κ2) is 5.86. The van der Waals surface area contributed by atoms with Crippen LogP contribution in [0.4, 0.5) is 0 Å². The molecule has 0 amide bonds. The molecule has 0 saturated carbocycles. The molecule has 0 bridgehead atoms. The fourth-order valence-electron chi connectivity index (χ4n) is 2.11. The lowest BCUT2D eigenvalue weighted by molar-refractivity contribution is 0.562. The van der Waals surface area contributed by atoms with E-state index >= 15 is 0 Å². The van der Waals surface area contributed by atoms with Gasteiger partial charge in [0.05, 0.1) is 0 Å². The minimum absolute atomic E-state index is 0.782. The number of allylic oxidation sites excluding steroid dienone is 3. The van der Waals surface area contributed by atoms with E-state index in [1.165, 1.54) is 12.6 Å². The highest BCUT2D eigenvalue weighted by Crippen LogP contribution is 2.23. The molecule has 0 aromatic carbocycles. The summed E-state index contributed by atoms with van der Waals surface area (Å²) in [5, 5.41) is 0. The molecule has 2 unspecified atom stereocenters. The maximum Gasteiger partial charge on any atom is 0.164 e. The van der Waals surface area contributed by atoms with Crippen molar-refractivity contribution in [3.05, 3.63) is 36.2 Å². The van der Waals surface area contributed by atoms with Crippen LogP contribution >= 0.6 is 0 Å². The third-order valence-electron chi connectivity index (χ3n) is 2.64. The fourth-order valence-corrected chi connectivity index (χ4v) is 5.07. The Hall–Kier alpha value is -0.763. The molecule has 2 atom stereocenters. The van der Waals surface area contributed by atoms with Crippen molar-refractivity contribution in [1.82, 2.24) is 4.57 Å². The van der Waals surface area contributed by atoms with Crippen LogP contribution in [0.3, 0.4) is 0 Å². The van der Waals surface area contributed by atoms with E-state index in [2.05, 4.69) is 61.5 Å². The monoisotopic (exact) mass is 207 g/mol. The second-order valence-corrected chi connectivity index (χ2v) is 6.45. The molecule has 0 aromatic rings. The average molecular weight is 207 g/mol. The highest BCUT2D eigenvalue weighted by atomic mass is 28.3. The quantitative estimate of drug-likeness (QED) is 0.508. The Morgan fingerprint density at radius 1 is 1.14 bits per heavy atom. The highest BCUT2D eigenvalue weighted by molar-refractivity contribution is 6.62. The second-order valence-electron chi connectivity index (χ2n) is 3.79. The van der Waals surface area contributed by atoms with Crippen LogP contribution in [0, 0.1) is 5.92 Å². The molecule has 0 aliphatic carbocycles. The van der Waals surface area contributed by atoms with Crippen molar-refractivity contribution in [2.24, 2.45) is 5.92 Å². The Morgan fingerprint density at radius 2 is 1.93 bits per heavy atom. The summed E-state index contributed by atoms with van der Waals surface area (Å²) in [4.78, 5) is 0. The smallest absolute Gasteiger partial charge is 0.164 e. The largest absolute Gasteiger partial charge is 0.402 e. The van der Waals surface area contributed by atoms with Gasteiger partial charge in [0.15, 0.2) is 8.96 Å². The van der Waals surface area contributed by atoms with Crippen molar-refractivity contribution in [2.75, 3.05) is 6.54 Å². The van der Waals surface area contributed by atoms with Crippen molar-refractivity contribution in [1.29, 1.82) is 0 Å². The lowest BCUT2D eigenvalue weighted by atomic mass is 10.1. The molecule has 1 heterocycles. The first-order chi connectivity index (χ1) is 6.81. The van der Waals surface area contributed by atoms with Gasteiger partial charge < -0.3 is 4.57 Å². The lowest BCUT2D eigenvalue weighted by Crippen LogP contribution is -2.26. The molecule has 0 aromatic heterocycles. The van der Waals surface area contributed by atoms with Gasteiger partial charge >= 0.3 is 0 Å². The third kappa shape index (κ3) is 2.88. The summed E-state index contributed by atoms with van der Waals surface area (Å²) in [5.74, 6) is 0.782. The number of hydrogen-bond donors (Lipinski definition) is 0. The summed E-state index contributed by atoms with van der Waals surface area (Å²) in [6.45, 7) is 7.56. The maximum atomic E-state index is 2.56. The van der Waals surface area contributed by atoms with Crippen molar-refractivity contribution in [2.45, 2.75) is 26.8 Å². The van der Waals surface area contributed by atoms with Gasteiger partial charge in [0.25, 0.3) is 0 Å². The first-order valence-corrected chi connectivity index (χ1v) is 7.46. The molecule has 0 N–H and O–H groups in total. The molecule has 14 heavy (non-hydrogen) atoms. The number of nitrogens with zero attached hydrogens (tertiary/aromatic N) is 1. The van der Waals surface area contributed by atoms with E-state index in [4.69, 9.17) is 0 Å². The van der Waals surface area contributed by atoms with Gasteiger partial charge in [-0.15, -0.1) is 0 Å². The summed E-state index contributed by atoms with van der Waals surface area (Å²) in [6.07, 6.45) is 11.2. The minimum atomic E-state index is -0.788. The normalized spacial score (nSPS) is 28.9. The number of rotatable bonds is 3. The Morgan fingerprint density at radius 3 is 2.50 bits per heavy atom. The van der Waals surface area contributed by atoms with Crippen LogP contribution < -0.4 is 0 Å². The van der Waals surface area contributed by atoms with Gasteiger partial charge in [-0.2, -0.15) is 0 Å². The van der Waals surface area contributed by atoms with Crippen molar-refractivity contribution >= 4 is 8.96 Å². The predicted molar refractivity (Wildman–Crippen MR) is 66.6 cm³/mol. The molecule has 1 aliphatic heterocycles. The molecule has 1 aliphatic rings. The van der Waals surface area contributed by atoms with E-state index in [0.29, 0.717) is 0 Å². The standard InChI is InChI=1S/C12H21NSi/c1-4-7-12-10-13(8-5-2)14(11-12)9-6-3/h4-9,12,14H,10-11H2,1-3H3. The van der Waals surface area contributed by atoms with Crippen molar-refractivity contribution in [3.63, 3.8) is 0 Å². The molecule has 0 spiro atoms. The third-order valence-corrected chi connectivity index (χ3v) is 5.79. The van der Waals surface area contributed by atoms with Crippen LogP contribution in [0.2, 0.25) is 6.04 Å². The van der Waals surface area contributed by atoms with Gasteiger partial charge in [-0.3, -0.25) is 0 Å².